The maximum Gasteiger partial charge on any atom is 0.335 e. The van der Waals surface area contributed by atoms with E-state index in [-0.39, 0.29) is 11.4 Å². The maximum absolute atomic E-state index is 13.8. The number of hydrogen-bond acceptors (Lipinski definition) is 1. The minimum Gasteiger partial charge on any atom is -0.478 e. The molecule has 0 heterocycles. The topological polar surface area (TPSA) is 37.3 Å². The number of halogens is 2. The fraction of sp³-hybridized carbons (Fsp3) is 0. The van der Waals surface area contributed by atoms with E-state index in [9.17, 15) is 9.18 Å². The largest absolute Gasteiger partial charge is 0.478 e. The van der Waals surface area contributed by atoms with Crippen molar-refractivity contribution >= 4 is 21.9 Å². The summed E-state index contributed by atoms with van der Waals surface area (Å²) < 4.78 is 14.2. The van der Waals surface area contributed by atoms with Crippen LogP contribution in [0.2, 0.25) is 0 Å². The quantitative estimate of drug-likeness (QED) is 0.910. The minimum absolute atomic E-state index is 0.184. The molecule has 17 heavy (non-hydrogen) atoms. The van der Waals surface area contributed by atoms with Crippen LogP contribution in [0, 0.1) is 5.82 Å². The third-order valence-electron chi connectivity index (χ3n) is 2.39. The van der Waals surface area contributed by atoms with E-state index in [2.05, 4.69) is 15.9 Å². The van der Waals surface area contributed by atoms with E-state index in [1.165, 1.54) is 12.1 Å². The lowest BCUT2D eigenvalue weighted by Crippen LogP contribution is -1.95. The summed E-state index contributed by atoms with van der Waals surface area (Å²) in [5.74, 6) is -1.35. The zero-order valence-corrected chi connectivity index (χ0v) is 10.2. The minimum atomic E-state index is -0.994. The number of hydrogen-bond donors (Lipinski definition) is 1. The molecule has 0 aromatic heterocycles. The summed E-state index contributed by atoms with van der Waals surface area (Å²) in [6, 6.07) is 11.1. The van der Waals surface area contributed by atoms with Crippen LogP contribution in [0.15, 0.2) is 46.9 Å². The SMILES string of the molecule is O=C(O)c1ccc(-c2cccc(Br)c2F)cc1. The summed E-state index contributed by atoms with van der Waals surface area (Å²) in [6.45, 7) is 0. The highest BCUT2D eigenvalue weighted by Crippen LogP contribution is 2.27. The Morgan fingerprint density at radius 2 is 1.76 bits per heavy atom. The van der Waals surface area contributed by atoms with Gasteiger partial charge in [-0.2, -0.15) is 0 Å². The van der Waals surface area contributed by atoms with Gasteiger partial charge in [0, 0.05) is 5.56 Å². The second kappa shape index (κ2) is 4.67. The lowest BCUT2D eigenvalue weighted by Gasteiger charge is -2.05. The fourth-order valence-corrected chi connectivity index (χ4v) is 1.89. The zero-order valence-electron chi connectivity index (χ0n) is 8.65. The molecule has 0 bridgehead atoms. The van der Waals surface area contributed by atoms with Gasteiger partial charge >= 0.3 is 5.97 Å². The van der Waals surface area contributed by atoms with Gasteiger partial charge in [-0.25, -0.2) is 9.18 Å². The molecule has 2 aromatic carbocycles. The molecule has 2 nitrogen and oxygen atoms in total. The van der Waals surface area contributed by atoms with E-state index in [0.29, 0.717) is 15.6 Å². The van der Waals surface area contributed by atoms with Crippen molar-refractivity contribution in [1.82, 2.24) is 0 Å². The lowest BCUT2D eigenvalue weighted by atomic mass is 10.0. The maximum atomic E-state index is 13.8. The van der Waals surface area contributed by atoms with Crippen molar-refractivity contribution in [3.8, 4) is 11.1 Å². The van der Waals surface area contributed by atoms with Crippen LogP contribution in [-0.4, -0.2) is 11.1 Å². The first-order valence-electron chi connectivity index (χ1n) is 4.87. The van der Waals surface area contributed by atoms with Crippen molar-refractivity contribution in [3.63, 3.8) is 0 Å². The fourth-order valence-electron chi connectivity index (χ4n) is 1.52. The third-order valence-corrected chi connectivity index (χ3v) is 3.01. The smallest absolute Gasteiger partial charge is 0.335 e. The summed E-state index contributed by atoms with van der Waals surface area (Å²) in [5, 5.41) is 8.76. The van der Waals surface area contributed by atoms with Crippen LogP contribution in [0.5, 0.6) is 0 Å². The first-order valence-corrected chi connectivity index (χ1v) is 5.66. The van der Waals surface area contributed by atoms with Crippen LogP contribution in [0.25, 0.3) is 11.1 Å². The molecule has 0 aliphatic carbocycles. The number of rotatable bonds is 2. The van der Waals surface area contributed by atoms with E-state index in [4.69, 9.17) is 5.11 Å². The second-order valence-corrected chi connectivity index (χ2v) is 4.34. The molecular weight excluding hydrogens is 287 g/mol. The van der Waals surface area contributed by atoms with Crippen LogP contribution in [-0.2, 0) is 0 Å². The van der Waals surface area contributed by atoms with Gasteiger partial charge < -0.3 is 5.11 Å². The Hall–Kier alpha value is -1.68. The third kappa shape index (κ3) is 2.36. The highest BCUT2D eigenvalue weighted by atomic mass is 79.9. The van der Waals surface area contributed by atoms with Crippen molar-refractivity contribution in [2.24, 2.45) is 0 Å². The van der Waals surface area contributed by atoms with E-state index in [1.807, 2.05) is 0 Å². The Bertz CT molecular complexity index is 564. The molecule has 0 saturated carbocycles. The predicted octanol–water partition coefficient (Wildman–Crippen LogP) is 3.95. The molecule has 0 fully saturated rings. The average Bonchev–Trinajstić information content (AvgIpc) is 2.33. The van der Waals surface area contributed by atoms with Crippen LogP contribution in [0.4, 0.5) is 4.39 Å². The van der Waals surface area contributed by atoms with Crippen LogP contribution in [0.3, 0.4) is 0 Å². The Balaban J connectivity index is 2.47. The highest BCUT2D eigenvalue weighted by molar-refractivity contribution is 9.10. The van der Waals surface area contributed by atoms with Gasteiger partial charge in [0.1, 0.15) is 5.82 Å². The molecule has 1 N–H and O–H groups in total. The second-order valence-electron chi connectivity index (χ2n) is 3.48. The van der Waals surface area contributed by atoms with Gasteiger partial charge in [-0.05, 0) is 39.7 Å². The average molecular weight is 295 g/mol. The number of benzene rings is 2. The van der Waals surface area contributed by atoms with Crippen molar-refractivity contribution < 1.29 is 14.3 Å². The predicted molar refractivity (Wildman–Crippen MR) is 66.5 cm³/mol. The van der Waals surface area contributed by atoms with E-state index in [1.54, 1.807) is 30.3 Å². The molecule has 0 aliphatic rings. The molecule has 0 amide bonds. The standard InChI is InChI=1S/C13H8BrFO2/c14-11-3-1-2-10(12(11)15)8-4-6-9(7-5-8)13(16)17/h1-7H,(H,16,17). The van der Waals surface area contributed by atoms with Gasteiger partial charge in [-0.3, -0.25) is 0 Å². The summed E-state index contributed by atoms with van der Waals surface area (Å²) >= 11 is 3.11. The zero-order chi connectivity index (χ0) is 12.4. The van der Waals surface area contributed by atoms with Gasteiger partial charge in [0.05, 0.1) is 10.0 Å². The molecule has 0 atom stereocenters. The Labute approximate surface area is 106 Å². The van der Waals surface area contributed by atoms with Crippen molar-refractivity contribution in [1.29, 1.82) is 0 Å². The van der Waals surface area contributed by atoms with Gasteiger partial charge in [-0.1, -0.05) is 24.3 Å². The Morgan fingerprint density at radius 1 is 1.12 bits per heavy atom. The van der Waals surface area contributed by atoms with E-state index >= 15 is 0 Å². The van der Waals surface area contributed by atoms with Gasteiger partial charge in [0.2, 0.25) is 0 Å². The molecule has 0 spiro atoms. The monoisotopic (exact) mass is 294 g/mol. The van der Waals surface area contributed by atoms with E-state index < -0.39 is 5.97 Å². The van der Waals surface area contributed by atoms with Crippen molar-refractivity contribution in [2.75, 3.05) is 0 Å². The normalized spacial score (nSPS) is 10.2. The van der Waals surface area contributed by atoms with Crippen molar-refractivity contribution in [2.45, 2.75) is 0 Å². The Kier molecular flexibility index (Phi) is 3.24. The number of aromatic carboxylic acids is 1. The lowest BCUT2D eigenvalue weighted by molar-refractivity contribution is 0.0697. The van der Waals surface area contributed by atoms with E-state index in [0.717, 1.165) is 0 Å². The summed E-state index contributed by atoms with van der Waals surface area (Å²) in [6.07, 6.45) is 0. The van der Waals surface area contributed by atoms with Gasteiger partial charge in [0.15, 0.2) is 0 Å². The summed E-state index contributed by atoms with van der Waals surface area (Å²) in [5.41, 5.74) is 1.27. The molecule has 0 unspecified atom stereocenters. The van der Waals surface area contributed by atoms with Gasteiger partial charge in [-0.15, -0.1) is 0 Å². The molecule has 0 radical (unpaired) electrons. The van der Waals surface area contributed by atoms with Crippen LogP contribution in [0.1, 0.15) is 10.4 Å². The number of carbonyl (C=O) groups is 1. The first-order chi connectivity index (χ1) is 8.09. The molecular formula is C13H8BrFO2. The van der Waals surface area contributed by atoms with Crippen LogP contribution >= 0.6 is 15.9 Å². The summed E-state index contributed by atoms with van der Waals surface area (Å²) in [7, 11) is 0. The Morgan fingerprint density at radius 3 is 2.35 bits per heavy atom. The van der Waals surface area contributed by atoms with Gasteiger partial charge in [0.25, 0.3) is 0 Å². The molecule has 4 heteroatoms. The summed E-state index contributed by atoms with van der Waals surface area (Å²) in [4.78, 5) is 10.7. The van der Waals surface area contributed by atoms with Crippen LogP contribution < -0.4 is 0 Å². The molecule has 2 rings (SSSR count). The van der Waals surface area contributed by atoms with Crippen molar-refractivity contribution in [3.05, 3.63) is 58.3 Å². The molecule has 0 saturated heterocycles. The molecule has 86 valence electrons. The highest BCUT2D eigenvalue weighted by Gasteiger charge is 2.09. The number of carboxylic acids is 1. The number of carboxylic acid groups (broad SMARTS) is 1. The molecule has 0 aliphatic heterocycles. The first kappa shape index (κ1) is 11.8. The molecule has 2 aromatic rings.